The van der Waals surface area contributed by atoms with Crippen LogP contribution < -0.4 is 0 Å². The summed E-state index contributed by atoms with van der Waals surface area (Å²) < 4.78 is 32.9. The van der Waals surface area contributed by atoms with Gasteiger partial charge in [-0.1, -0.05) is 18.3 Å². The smallest absolute Gasteiger partial charge is 1.00 e. The summed E-state index contributed by atoms with van der Waals surface area (Å²) in [5.41, 5.74) is 0. The zero-order valence-electron chi connectivity index (χ0n) is 7.75. The largest absolute Gasteiger partial charge is 2.00 e. The van der Waals surface area contributed by atoms with E-state index in [0.717, 1.165) is 4.73 Å². The summed E-state index contributed by atoms with van der Waals surface area (Å²) in [5.74, 6) is 0. The molecule has 0 radical (unpaired) electrons. The van der Waals surface area contributed by atoms with Crippen LogP contribution in [0, 0.1) is 4.64 Å². The van der Waals surface area contributed by atoms with Crippen molar-refractivity contribution in [3.8, 4) is 0 Å². The molecule has 1 aromatic heterocycles. The molecule has 1 aromatic rings. The first kappa shape index (κ1) is 21.8. The maximum atomic E-state index is 8.74. The van der Waals surface area contributed by atoms with Gasteiger partial charge in [-0.25, -0.2) is 0 Å². The number of pyridine rings is 1. The van der Waals surface area contributed by atoms with E-state index < -0.39 is 10.4 Å². The Morgan fingerprint density at radius 1 is 1.25 bits per heavy atom. The molecule has 0 bridgehead atoms. The molecule has 0 aromatic carbocycles. The number of hydrogen-bond donors (Lipinski definition) is 3. The zero-order valence-corrected chi connectivity index (χ0v) is 12.4. The van der Waals surface area contributed by atoms with Gasteiger partial charge in [0.05, 0.1) is 0 Å². The molecule has 0 aliphatic rings. The second-order valence-electron chi connectivity index (χ2n) is 1.83. The average Bonchev–Trinajstić information content (AvgIpc) is 2.11. The van der Waals surface area contributed by atoms with Crippen LogP contribution in [0.2, 0.25) is 0 Å². The second kappa shape index (κ2) is 12.0. The van der Waals surface area contributed by atoms with E-state index in [4.69, 9.17) is 22.7 Å². The molecule has 0 atom stereocenters. The van der Waals surface area contributed by atoms with Gasteiger partial charge in [-0.2, -0.15) is 13.1 Å². The van der Waals surface area contributed by atoms with Gasteiger partial charge >= 0.3 is 33.5 Å². The van der Waals surface area contributed by atoms with E-state index in [0.29, 0.717) is 4.64 Å². The summed E-state index contributed by atoms with van der Waals surface area (Å²) in [6.45, 7) is 0. The first-order chi connectivity index (χ1) is 6.80. The van der Waals surface area contributed by atoms with Gasteiger partial charge in [0.1, 0.15) is 4.64 Å². The van der Waals surface area contributed by atoms with E-state index in [-0.39, 0.29) is 23.1 Å². The Morgan fingerprint density at radius 2 is 1.62 bits per heavy atom. The van der Waals surface area contributed by atoms with Crippen LogP contribution in [-0.2, 0) is 33.7 Å². The van der Waals surface area contributed by atoms with Gasteiger partial charge in [0.25, 0.3) is 0 Å². The maximum absolute atomic E-state index is 8.74. The Hall–Kier alpha value is 0.506. The zero-order chi connectivity index (χ0) is 12.5. The van der Waals surface area contributed by atoms with E-state index in [9.17, 15) is 0 Å². The van der Waals surface area contributed by atoms with Gasteiger partial charge in [0.15, 0.2) is 0 Å². The van der Waals surface area contributed by atoms with Crippen LogP contribution in [-0.4, -0.2) is 50.5 Å². The Balaban J connectivity index is -0.000000187. The van der Waals surface area contributed by atoms with Crippen LogP contribution in [0.15, 0.2) is 24.4 Å². The fraction of sp³-hybridized carbons (Fsp3) is 0. The molecule has 0 spiro atoms. The summed E-state index contributed by atoms with van der Waals surface area (Å²) in [6, 6.07) is 5.13. The Bertz CT molecular complexity index is 411. The van der Waals surface area contributed by atoms with Gasteiger partial charge in [-0.3, -0.25) is 9.11 Å². The summed E-state index contributed by atoms with van der Waals surface area (Å²) >= 11 is 12.0. The van der Waals surface area contributed by atoms with Crippen LogP contribution in [0.1, 0.15) is 0 Å². The van der Waals surface area contributed by atoms with Crippen molar-refractivity contribution in [3.05, 3.63) is 29.0 Å². The molecule has 1 rings (SSSR count). The standard InChI is InChI=1S/C5H5NOS.Mg.H2O4S.S2/c7-6-4-2-1-3-5(6)8;;1-5(2,3)4;1-2/h1-4,7H;;(H2,1,2,3,4);/q;+2;;-2. The molecule has 0 amide bonds. The summed E-state index contributed by atoms with van der Waals surface area (Å²) in [6.07, 6.45) is 1.49. The van der Waals surface area contributed by atoms with Crippen molar-refractivity contribution in [3.63, 3.8) is 0 Å². The average molecular weight is 314 g/mol. The van der Waals surface area contributed by atoms with Crippen LogP contribution >= 0.6 is 12.2 Å². The molecule has 3 N–H and O–H groups in total. The van der Waals surface area contributed by atoms with Crippen molar-refractivity contribution in [2.24, 2.45) is 0 Å². The van der Waals surface area contributed by atoms with E-state index in [1.807, 2.05) is 0 Å². The molecule has 0 aliphatic heterocycles. The van der Waals surface area contributed by atoms with E-state index >= 15 is 0 Å². The number of hydrogen-bond acceptors (Lipinski definition) is 6. The predicted molar refractivity (Wildman–Crippen MR) is 67.1 cm³/mol. The predicted octanol–water partition coefficient (Wildman–Crippen LogP) is 0.416. The van der Waals surface area contributed by atoms with Crippen LogP contribution in [0.4, 0.5) is 0 Å². The Morgan fingerprint density at radius 3 is 1.81 bits per heavy atom. The molecule has 0 aliphatic carbocycles. The van der Waals surface area contributed by atoms with Crippen molar-refractivity contribution >= 4 is 69.0 Å². The fourth-order valence-corrected chi connectivity index (χ4v) is 0.558. The molecule has 0 saturated heterocycles. The molecule has 6 nitrogen and oxygen atoms in total. The monoisotopic (exact) mass is 313 g/mol. The maximum Gasteiger partial charge on any atom is 2.00 e. The third kappa shape index (κ3) is 20.0. The van der Waals surface area contributed by atoms with Crippen LogP contribution in [0.3, 0.4) is 0 Å². The summed E-state index contributed by atoms with van der Waals surface area (Å²) in [4.78, 5) is 0. The van der Waals surface area contributed by atoms with Crippen molar-refractivity contribution in [1.82, 2.24) is 4.73 Å². The van der Waals surface area contributed by atoms with E-state index in [1.54, 1.807) is 18.2 Å². The molecule has 0 fully saturated rings. The number of nitrogens with zero attached hydrogens (tertiary/aromatic N) is 1. The third-order valence-electron chi connectivity index (χ3n) is 0.803. The van der Waals surface area contributed by atoms with Crippen LogP contribution in [0.25, 0.3) is 0 Å². The number of rotatable bonds is 0. The van der Waals surface area contributed by atoms with Crippen molar-refractivity contribution in [2.45, 2.75) is 0 Å². The van der Waals surface area contributed by atoms with Crippen LogP contribution in [0.5, 0.6) is 0 Å². The quantitative estimate of drug-likeness (QED) is 0.158. The number of aromatic nitrogens is 1. The molecular formula is C5H7MgNO5S4. The SMILES string of the molecule is O=S(=O)(O)O.On1ccccc1=S.[Mg+2].[S-][S-]. The minimum absolute atomic E-state index is 0. The first-order valence-electron chi connectivity index (χ1n) is 3.04. The van der Waals surface area contributed by atoms with Crippen molar-refractivity contribution in [2.75, 3.05) is 0 Å². The van der Waals surface area contributed by atoms with Gasteiger partial charge < -0.3 is 28.5 Å². The summed E-state index contributed by atoms with van der Waals surface area (Å²) in [5, 5.41) is 8.73. The second-order valence-corrected chi connectivity index (χ2v) is 3.15. The van der Waals surface area contributed by atoms with E-state index in [2.05, 4.69) is 35.5 Å². The fourth-order valence-electron chi connectivity index (χ4n) is 0.419. The van der Waals surface area contributed by atoms with E-state index in [1.165, 1.54) is 6.20 Å². The minimum atomic E-state index is -4.67. The topological polar surface area (TPSA) is 99.8 Å². The Labute approximate surface area is 125 Å². The normalized spacial score (nSPS) is 8.50. The molecule has 1 heterocycles. The molecule has 0 saturated carbocycles. The van der Waals surface area contributed by atoms with Crippen molar-refractivity contribution < 1.29 is 22.7 Å². The summed E-state index contributed by atoms with van der Waals surface area (Å²) in [7, 11) is -4.67. The minimum Gasteiger partial charge on any atom is -1.00 e. The van der Waals surface area contributed by atoms with Gasteiger partial charge in [0.2, 0.25) is 0 Å². The molecule has 0 unspecified atom stereocenters. The Kier molecular flexibility index (Phi) is 16.3. The molecular weight excluding hydrogens is 307 g/mol. The molecule has 11 heteroatoms. The van der Waals surface area contributed by atoms with Gasteiger partial charge in [-0.05, 0) is 12.1 Å². The van der Waals surface area contributed by atoms with Crippen molar-refractivity contribution in [1.29, 1.82) is 0 Å². The van der Waals surface area contributed by atoms with Gasteiger partial charge in [0, 0.05) is 6.20 Å². The van der Waals surface area contributed by atoms with Gasteiger partial charge in [-0.15, -0.1) is 0 Å². The third-order valence-corrected chi connectivity index (χ3v) is 1.13. The first-order valence-corrected chi connectivity index (χ1v) is 6.18. The molecule has 16 heavy (non-hydrogen) atoms. The molecule has 88 valence electrons.